The molecule has 0 spiro atoms. The highest BCUT2D eigenvalue weighted by Crippen LogP contribution is 2.35. The third-order valence-electron chi connectivity index (χ3n) is 7.77. The molecule has 0 saturated carbocycles. The van der Waals surface area contributed by atoms with Crippen LogP contribution in [0.4, 0.5) is 14.6 Å². The van der Waals surface area contributed by atoms with E-state index < -0.39 is 17.3 Å². The second-order valence-electron chi connectivity index (χ2n) is 11.6. The van der Waals surface area contributed by atoms with Crippen molar-refractivity contribution in [2.24, 2.45) is 0 Å². The highest BCUT2D eigenvalue weighted by atomic mass is 19.1. The molecule has 9 nitrogen and oxygen atoms in total. The number of benzene rings is 1. The number of carbonyl (C=O) groups excluding carboxylic acids is 1. The zero-order valence-corrected chi connectivity index (χ0v) is 25.2. The number of carbonyl (C=O) groups is 1. The van der Waals surface area contributed by atoms with E-state index in [-0.39, 0.29) is 57.9 Å². The molecule has 0 N–H and O–H groups in total. The molecule has 2 unspecified atom stereocenters. The van der Waals surface area contributed by atoms with Crippen LogP contribution in [-0.2, 0) is 4.79 Å². The smallest absolute Gasteiger partial charge is 0.352 e. The molecule has 4 aromatic rings. The van der Waals surface area contributed by atoms with Gasteiger partial charge in [0.15, 0.2) is 5.65 Å². The fraction of sp³-hybridized carbons (Fsp3) is 0.375. The largest absolute Gasteiger partial charge is 0.355 e. The van der Waals surface area contributed by atoms with Gasteiger partial charge in [-0.25, -0.2) is 33.1 Å². The molecule has 1 aromatic carbocycles. The number of hydrogen-bond acceptors (Lipinski definition) is 7. The van der Waals surface area contributed by atoms with E-state index in [1.54, 1.807) is 11.0 Å². The summed E-state index contributed by atoms with van der Waals surface area (Å²) < 4.78 is 32.2. The predicted octanol–water partition coefficient (Wildman–Crippen LogP) is 5.37. The van der Waals surface area contributed by atoms with Gasteiger partial charge in [-0.3, -0.25) is 4.79 Å². The van der Waals surface area contributed by atoms with Crippen molar-refractivity contribution >= 4 is 22.8 Å². The van der Waals surface area contributed by atoms with Crippen molar-refractivity contribution in [1.82, 2.24) is 29.4 Å². The number of amides is 1. The summed E-state index contributed by atoms with van der Waals surface area (Å²) in [5.41, 5.74) is 0.845. The molecular weight excluding hydrogens is 552 g/mol. The summed E-state index contributed by atoms with van der Waals surface area (Å²) in [6, 6.07) is 6.56. The Hall–Kier alpha value is -4.54. The van der Waals surface area contributed by atoms with Crippen LogP contribution in [0.2, 0.25) is 0 Å². The van der Waals surface area contributed by atoms with Gasteiger partial charge in [-0.2, -0.15) is 4.98 Å². The zero-order valence-electron chi connectivity index (χ0n) is 25.2. The first-order chi connectivity index (χ1) is 20.4. The fourth-order valence-electron chi connectivity index (χ4n) is 5.91. The van der Waals surface area contributed by atoms with Crippen molar-refractivity contribution in [3.05, 3.63) is 82.8 Å². The Kier molecular flexibility index (Phi) is 8.09. The maximum atomic E-state index is 15.9. The van der Waals surface area contributed by atoms with Crippen molar-refractivity contribution in [2.75, 3.05) is 18.0 Å². The molecule has 11 heteroatoms. The number of halogens is 2. The first kappa shape index (κ1) is 29.9. The SMILES string of the molecule is C=CC(=O)N1C(C)CN(c2nc(=O)n(-c3c(C(C)C)ncnc3C(C)C)c3nc(-c4ccccc4F)c(F)cc23)CC1C. The maximum Gasteiger partial charge on any atom is 0.355 e. The van der Waals surface area contributed by atoms with Crippen LogP contribution in [0.25, 0.3) is 28.0 Å². The van der Waals surface area contributed by atoms with Crippen molar-refractivity contribution < 1.29 is 13.6 Å². The molecule has 1 fully saturated rings. The Morgan fingerprint density at radius 1 is 0.977 bits per heavy atom. The minimum atomic E-state index is -0.759. The van der Waals surface area contributed by atoms with E-state index in [1.807, 2.05) is 46.4 Å². The molecule has 0 aliphatic carbocycles. The van der Waals surface area contributed by atoms with Gasteiger partial charge in [0.1, 0.15) is 29.5 Å². The lowest BCUT2D eigenvalue weighted by Crippen LogP contribution is -2.58. The van der Waals surface area contributed by atoms with Crippen LogP contribution in [-0.4, -0.2) is 60.5 Å². The number of pyridine rings is 1. The van der Waals surface area contributed by atoms with Crippen molar-refractivity contribution in [3.8, 4) is 16.9 Å². The summed E-state index contributed by atoms with van der Waals surface area (Å²) in [6.07, 6.45) is 2.75. The average Bonchev–Trinajstić information content (AvgIpc) is 2.96. The van der Waals surface area contributed by atoms with Crippen molar-refractivity contribution in [1.29, 1.82) is 0 Å². The van der Waals surface area contributed by atoms with Crippen LogP contribution in [0.3, 0.4) is 0 Å². The summed E-state index contributed by atoms with van der Waals surface area (Å²) >= 11 is 0. The summed E-state index contributed by atoms with van der Waals surface area (Å²) in [6.45, 7) is 15.9. The Balaban J connectivity index is 1.85. The molecule has 4 heterocycles. The summed E-state index contributed by atoms with van der Waals surface area (Å²) in [5.74, 6) is -1.55. The van der Waals surface area contributed by atoms with Gasteiger partial charge in [-0.15, -0.1) is 0 Å². The van der Waals surface area contributed by atoms with Crippen LogP contribution < -0.4 is 10.6 Å². The first-order valence-corrected chi connectivity index (χ1v) is 14.4. The van der Waals surface area contributed by atoms with Crippen LogP contribution in [0.1, 0.15) is 64.8 Å². The van der Waals surface area contributed by atoms with E-state index >= 15 is 4.39 Å². The lowest BCUT2D eigenvalue weighted by molar-refractivity contribution is -0.130. The van der Waals surface area contributed by atoms with Crippen molar-refractivity contribution in [3.63, 3.8) is 0 Å². The van der Waals surface area contributed by atoms with Crippen LogP contribution in [0, 0.1) is 11.6 Å². The van der Waals surface area contributed by atoms with Gasteiger partial charge in [-0.1, -0.05) is 46.4 Å². The third kappa shape index (κ3) is 5.28. The maximum absolute atomic E-state index is 15.9. The van der Waals surface area contributed by atoms with Crippen LogP contribution >= 0.6 is 0 Å². The monoisotopic (exact) mass is 587 g/mol. The second kappa shape index (κ2) is 11.6. The minimum absolute atomic E-state index is 0.0319. The molecule has 224 valence electrons. The Labute approximate surface area is 248 Å². The number of aromatic nitrogens is 5. The summed E-state index contributed by atoms with van der Waals surface area (Å²) in [7, 11) is 0. The topological polar surface area (TPSA) is 97.1 Å². The number of rotatable bonds is 6. The van der Waals surface area contributed by atoms with Crippen LogP contribution in [0.5, 0.6) is 0 Å². The van der Waals surface area contributed by atoms with Gasteiger partial charge in [-0.05, 0) is 50.0 Å². The van der Waals surface area contributed by atoms with Gasteiger partial charge in [0.25, 0.3) is 0 Å². The van der Waals surface area contributed by atoms with Crippen LogP contribution in [0.15, 0.2) is 54.1 Å². The normalized spacial score (nSPS) is 17.3. The van der Waals surface area contributed by atoms with E-state index in [4.69, 9.17) is 0 Å². The Bertz CT molecular complexity index is 1750. The summed E-state index contributed by atoms with van der Waals surface area (Å²) in [5, 5.41) is 0.272. The van der Waals surface area contributed by atoms with Gasteiger partial charge >= 0.3 is 5.69 Å². The molecule has 5 rings (SSSR count). The van der Waals surface area contributed by atoms with Gasteiger partial charge in [0.2, 0.25) is 5.91 Å². The molecule has 0 radical (unpaired) electrons. The Morgan fingerprint density at radius 2 is 1.58 bits per heavy atom. The second-order valence-corrected chi connectivity index (χ2v) is 11.6. The molecule has 3 aromatic heterocycles. The third-order valence-corrected chi connectivity index (χ3v) is 7.77. The standard InChI is InChI=1S/C32H35F2N7O2/c1-8-25(42)40-19(6)14-39(15-20(40)7)30-22-13-24(34)28(21-11-9-10-12-23(21)33)37-31(22)41(32(43)38-30)29-26(17(2)3)35-16-36-27(29)18(4)5/h8-13,16-20H,1,14-15H2,2-7H3. The molecule has 1 saturated heterocycles. The molecule has 1 amide bonds. The minimum Gasteiger partial charge on any atom is -0.352 e. The lowest BCUT2D eigenvalue weighted by Gasteiger charge is -2.44. The number of piperazine rings is 1. The quantitative estimate of drug-likeness (QED) is 0.280. The molecule has 1 aliphatic rings. The van der Waals surface area contributed by atoms with E-state index in [0.717, 1.165) is 0 Å². The fourth-order valence-corrected chi connectivity index (χ4v) is 5.91. The molecular formula is C32H35F2N7O2. The number of nitrogens with zero attached hydrogens (tertiary/aromatic N) is 7. The van der Waals surface area contributed by atoms with Crippen molar-refractivity contribution in [2.45, 2.75) is 65.5 Å². The average molecular weight is 588 g/mol. The zero-order chi connectivity index (χ0) is 31.2. The molecule has 2 atom stereocenters. The number of fused-ring (bicyclic) bond motifs is 1. The van der Waals surface area contributed by atoms with Gasteiger partial charge < -0.3 is 9.80 Å². The predicted molar refractivity (Wildman–Crippen MR) is 162 cm³/mol. The van der Waals surface area contributed by atoms with Gasteiger partial charge in [0.05, 0.1) is 22.5 Å². The Morgan fingerprint density at radius 3 is 2.14 bits per heavy atom. The number of hydrogen-bond donors (Lipinski definition) is 0. The molecule has 0 bridgehead atoms. The first-order valence-electron chi connectivity index (χ1n) is 14.4. The van der Waals surface area contributed by atoms with E-state index in [9.17, 15) is 14.0 Å². The summed E-state index contributed by atoms with van der Waals surface area (Å²) in [4.78, 5) is 48.4. The lowest BCUT2D eigenvalue weighted by atomic mass is 10.0. The van der Waals surface area contributed by atoms with E-state index in [1.165, 1.54) is 41.2 Å². The highest BCUT2D eigenvalue weighted by molar-refractivity contribution is 5.91. The van der Waals surface area contributed by atoms with E-state index in [2.05, 4.69) is 26.5 Å². The molecule has 43 heavy (non-hydrogen) atoms. The highest BCUT2D eigenvalue weighted by Gasteiger charge is 2.34. The van der Waals surface area contributed by atoms with E-state index in [0.29, 0.717) is 30.2 Å². The number of anilines is 1. The van der Waals surface area contributed by atoms with Gasteiger partial charge in [0, 0.05) is 30.7 Å². The molecule has 1 aliphatic heterocycles.